The molecule has 0 spiro atoms. The van der Waals surface area contributed by atoms with Gasteiger partial charge in [-0.2, -0.15) is 0 Å². The predicted molar refractivity (Wildman–Crippen MR) is 85.3 cm³/mol. The third kappa shape index (κ3) is 5.56. The van der Waals surface area contributed by atoms with Crippen LogP contribution in [0.4, 0.5) is 0 Å². The zero-order valence-corrected chi connectivity index (χ0v) is 13.0. The zero-order chi connectivity index (χ0) is 15.7. The molecule has 114 valence electrons. The van der Waals surface area contributed by atoms with E-state index in [1.807, 2.05) is 50.3 Å². The summed E-state index contributed by atoms with van der Waals surface area (Å²) in [6.07, 6.45) is 6.40. The van der Waals surface area contributed by atoms with Gasteiger partial charge in [-0.05, 0) is 17.7 Å². The van der Waals surface area contributed by atoms with Crippen molar-refractivity contribution in [2.24, 2.45) is 11.8 Å². The maximum atomic E-state index is 11.1. The summed E-state index contributed by atoms with van der Waals surface area (Å²) in [5.41, 5.74) is 1.05. The van der Waals surface area contributed by atoms with E-state index in [4.69, 9.17) is 9.47 Å². The quantitative estimate of drug-likeness (QED) is 0.512. The van der Waals surface area contributed by atoms with Gasteiger partial charge in [0.05, 0.1) is 19.8 Å². The molecule has 1 aromatic carbocycles. The largest absolute Gasteiger partial charge is 0.497 e. The van der Waals surface area contributed by atoms with Crippen LogP contribution in [0, 0.1) is 11.8 Å². The van der Waals surface area contributed by atoms with Crippen LogP contribution in [0.25, 0.3) is 0 Å². The molecule has 0 aromatic heterocycles. The maximum absolute atomic E-state index is 11.1. The van der Waals surface area contributed by atoms with E-state index in [0.717, 1.165) is 17.6 Å². The van der Waals surface area contributed by atoms with E-state index in [2.05, 4.69) is 6.58 Å². The molecule has 21 heavy (non-hydrogen) atoms. The fourth-order valence-electron chi connectivity index (χ4n) is 2.14. The van der Waals surface area contributed by atoms with Gasteiger partial charge in [-0.1, -0.05) is 50.8 Å². The summed E-state index contributed by atoms with van der Waals surface area (Å²) in [6.45, 7) is 8.05. The highest BCUT2D eigenvalue weighted by atomic mass is 16.5. The number of carbonyl (C=O) groups is 1. The molecule has 0 saturated heterocycles. The van der Waals surface area contributed by atoms with Gasteiger partial charge in [-0.15, -0.1) is 0 Å². The Hall–Kier alpha value is -1.87. The van der Waals surface area contributed by atoms with E-state index in [1.54, 1.807) is 13.2 Å². The van der Waals surface area contributed by atoms with Crippen molar-refractivity contribution in [2.75, 3.05) is 7.11 Å². The Morgan fingerprint density at radius 3 is 2.38 bits per heavy atom. The minimum Gasteiger partial charge on any atom is -0.497 e. The standard InChI is InChI=1S/C18H24O3/c1-5-6-7-14(2)18(15(3)12-19)21-13-16-8-10-17(20-4)11-9-16/h5-12,14-15,18H,1,13H2,2-4H3. The Kier molecular flexibility index (Phi) is 7.48. The van der Waals surface area contributed by atoms with Crippen LogP contribution in [-0.4, -0.2) is 19.5 Å². The fourth-order valence-corrected chi connectivity index (χ4v) is 2.14. The van der Waals surface area contributed by atoms with Crippen LogP contribution in [0.3, 0.4) is 0 Å². The number of methoxy groups -OCH3 is 1. The van der Waals surface area contributed by atoms with Crippen LogP contribution >= 0.6 is 0 Å². The van der Waals surface area contributed by atoms with Crippen molar-refractivity contribution >= 4 is 6.29 Å². The van der Waals surface area contributed by atoms with E-state index in [0.29, 0.717) is 6.61 Å². The smallest absolute Gasteiger partial charge is 0.125 e. The second-order valence-electron chi connectivity index (χ2n) is 5.10. The molecular formula is C18H24O3. The van der Waals surface area contributed by atoms with Crippen LogP contribution < -0.4 is 4.74 Å². The SMILES string of the molecule is C=CC=CC(C)C(OCc1ccc(OC)cc1)C(C)C=O. The van der Waals surface area contributed by atoms with Crippen molar-refractivity contribution in [2.45, 2.75) is 26.6 Å². The van der Waals surface area contributed by atoms with E-state index in [-0.39, 0.29) is 17.9 Å². The number of ether oxygens (including phenoxy) is 2. The molecule has 0 bridgehead atoms. The second kappa shape index (κ2) is 9.14. The molecule has 0 fully saturated rings. The van der Waals surface area contributed by atoms with Crippen LogP contribution in [-0.2, 0) is 16.1 Å². The number of carbonyl (C=O) groups excluding carboxylic acids is 1. The van der Waals surface area contributed by atoms with Gasteiger partial charge in [0.2, 0.25) is 0 Å². The number of rotatable bonds is 9. The molecule has 0 saturated carbocycles. The molecule has 0 amide bonds. The van der Waals surface area contributed by atoms with Gasteiger partial charge in [0.1, 0.15) is 12.0 Å². The number of allylic oxidation sites excluding steroid dienone is 2. The zero-order valence-electron chi connectivity index (χ0n) is 13.0. The second-order valence-corrected chi connectivity index (χ2v) is 5.10. The predicted octanol–water partition coefficient (Wildman–Crippen LogP) is 3.79. The molecule has 3 nitrogen and oxygen atoms in total. The average molecular weight is 288 g/mol. The Morgan fingerprint density at radius 1 is 1.19 bits per heavy atom. The topological polar surface area (TPSA) is 35.5 Å². The van der Waals surface area contributed by atoms with Gasteiger partial charge < -0.3 is 14.3 Å². The number of aldehydes is 1. The van der Waals surface area contributed by atoms with Crippen LogP contribution in [0.5, 0.6) is 5.75 Å². The highest BCUT2D eigenvalue weighted by molar-refractivity contribution is 5.54. The van der Waals surface area contributed by atoms with Gasteiger partial charge in [0, 0.05) is 11.8 Å². The fraction of sp³-hybridized carbons (Fsp3) is 0.389. The summed E-state index contributed by atoms with van der Waals surface area (Å²) < 4.78 is 11.1. The highest BCUT2D eigenvalue weighted by Gasteiger charge is 2.22. The van der Waals surface area contributed by atoms with E-state index in [1.165, 1.54) is 0 Å². The lowest BCUT2D eigenvalue weighted by atomic mass is 9.93. The maximum Gasteiger partial charge on any atom is 0.125 e. The lowest BCUT2D eigenvalue weighted by Gasteiger charge is -2.25. The molecular weight excluding hydrogens is 264 g/mol. The van der Waals surface area contributed by atoms with Gasteiger partial charge in [0.25, 0.3) is 0 Å². The molecule has 1 rings (SSSR count). The first-order chi connectivity index (χ1) is 10.1. The molecule has 0 heterocycles. The van der Waals surface area contributed by atoms with Gasteiger partial charge in [-0.25, -0.2) is 0 Å². The summed E-state index contributed by atoms with van der Waals surface area (Å²) in [4.78, 5) is 11.1. The molecule has 0 radical (unpaired) electrons. The summed E-state index contributed by atoms with van der Waals surface area (Å²) in [7, 11) is 1.64. The normalized spacial score (nSPS) is 15.4. The van der Waals surface area contributed by atoms with Gasteiger partial charge in [0.15, 0.2) is 0 Å². The number of hydrogen-bond acceptors (Lipinski definition) is 3. The molecule has 0 aliphatic carbocycles. The van der Waals surface area contributed by atoms with Crippen LogP contribution in [0.2, 0.25) is 0 Å². The summed E-state index contributed by atoms with van der Waals surface area (Å²) in [5.74, 6) is 0.799. The summed E-state index contributed by atoms with van der Waals surface area (Å²) in [5, 5.41) is 0. The molecule has 1 aromatic rings. The lowest BCUT2D eigenvalue weighted by molar-refractivity contribution is -0.117. The molecule has 0 aliphatic rings. The van der Waals surface area contributed by atoms with E-state index < -0.39 is 0 Å². The first-order valence-electron chi connectivity index (χ1n) is 7.11. The van der Waals surface area contributed by atoms with Crippen molar-refractivity contribution in [3.05, 3.63) is 54.6 Å². The average Bonchev–Trinajstić information content (AvgIpc) is 2.53. The molecule has 3 atom stereocenters. The molecule has 3 heteroatoms. The van der Waals surface area contributed by atoms with Crippen molar-refractivity contribution in [3.8, 4) is 5.75 Å². The van der Waals surface area contributed by atoms with Gasteiger partial charge >= 0.3 is 0 Å². The first-order valence-corrected chi connectivity index (χ1v) is 7.11. The van der Waals surface area contributed by atoms with Crippen molar-refractivity contribution < 1.29 is 14.3 Å². The van der Waals surface area contributed by atoms with Crippen molar-refractivity contribution in [1.82, 2.24) is 0 Å². The third-order valence-corrected chi connectivity index (χ3v) is 3.40. The number of benzene rings is 1. The molecule has 0 aliphatic heterocycles. The third-order valence-electron chi connectivity index (χ3n) is 3.40. The number of hydrogen-bond donors (Lipinski definition) is 0. The molecule has 3 unspecified atom stereocenters. The summed E-state index contributed by atoms with van der Waals surface area (Å²) >= 11 is 0. The van der Waals surface area contributed by atoms with Crippen molar-refractivity contribution in [3.63, 3.8) is 0 Å². The highest BCUT2D eigenvalue weighted by Crippen LogP contribution is 2.20. The first kappa shape index (κ1) is 17.2. The van der Waals surface area contributed by atoms with E-state index in [9.17, 15) is 4.79 Å². The summed E-state index contributed by atoms with van der Waals surface area (Å²) in [6, 6.07) is 7.73. The Morgan fingerprint density at radius 2 is 1.86 bits per heavy atom. The monoisotopic (exact) mass is 288 g/mol. The molecule has 0 N–H and O–H groups in total. The van der Waals surface area contributed by atoms with E-state index >= 15 is 0 Å². The Bertz CT molecular complexity index is 462. The van der Waals surface area contributed by atoms with Crippen LogP contribution in [0.1, 0.15) is 19.4 Å². The lowest BCUT2D eigenvalue weighted by Crippen LogP contribution is -2.29. The van der Waals surface area contributed by atoms with Crippen molar-refractivity contribution in [1.29, 1.82) is 0 Å². The van der Waals surface area contributed by atoms with Crippen LogP contribution in [0.15, 0.2) is 49.1 Å². The van der Waals surface area contributed by atoms with Gasteiger partial charge in [-0.3, -0.25) is 0 Å². The minimum atomic E-state index is -0.160. The minimum absolute atomic E-state index is 0.140. The Labute approximate surface area is 127 Å². The Balaban J connectivity index is 2.69.